The van der Waals surface area contributed by atoms with Crippen molar-refractivity contribution >= 4 is 0 Å². The second kappa shape index (κ2) is 5.19. The van der Waals surface area contributed by atoms with Gasteiger partial charge in [-0.25, -0.2) is 18.3 Å². The molecule has 0 aromatic rings. The lowest BCUT2D eigenvalue weighted by molar-refractivity contribution is 0.148. The maximum atomic E-state index is 12.3. The van der Waals surface area contributed by atoms with E-state index in [2.05, 4.69) is 0 Å². The van der Waals surface area contributed by atoms with E-state index in [1.165, 1.54) is 6.92 Å². The first-order valence-corrected chi connectivity index (χ1v) is 3.60. The Bertz CT molecular complexity index is 144. The predicted octanol–water partition coefficient (Wildman–Crippen LogP) is 2.26. The van der Waals surface area contributed by atoms with Crippen LogP contribution in [0.2, 0.25) is 0 Å². The Kier molecular flexibility index (Phi) is 4.97. The van der Waals surface area contributed by atoms with Crippen LogP contribution in [0.3, 0.4) is 0 Å². The van der Waals surface area contributed by atoms with Gasteiger partial charge >= 0.3 is 0 Å². The third-order valence-electron chi connectivity index (χ3n) is 1.99. The topological polar surface area (TPSA) is 19.9 Å². The van der Waals surface area contributed by atoms with E-state index in [1.807, 2.05) is 0 Å². The first-order chi connectivity index (χ1) is 5.66. The van der Waals surface area contributed by atoms with Crippen LogP contribution in [0, 0.1) is 5.41 Å². The molecule has 0 rings (SSSR count). The van der Waals surface area contributed by atoms with E-state index < -0.39 is 32.0 Å². The summed E-state index contributed by atoms with van der Waals surface area (Å²) in [6.07, 6.45) is 1.11. The fraction of sp³-hybridized carbons (Fsp3) is 0.750. The minimum atomic E-state index is -1.70. The van der Waals surface area contributed by atoms with Crippen LogP contribution in [0.15, 0.2) is 11.6 Å². The van der Waals surface area contributed by atoms with Gasteiger partial charge in [0.05, 0.1) is 5.41 Å². The molecule has 0 fully saturated rings. The number of hydrogen-bond acceptors (Lipinski definition) is 0. The molecular weight excluding hydrogens is 169 g/mol. The highest BCUT2D eigenvalue weighted by molar-refractivity contribution is 5.12. The van der Waals surface area contributed by atoms with Gasteiger partial charge in [0, 0.05) is 0 Å². The van der Waals surface area contributed by atoms with Crippen LogP contribution in [0.5, 0.6) is 0 Å². The Hall–Kier alpha value is -0.510. The lowest BCUT2D eigenvalue weighted by atomic mass is 9.84. The molecule has 0 spiro atoms. The van der Waals surface area contributed by atoms with Crippen molar-refractivity contribution < 1.29 is 18.3 Å². The molecule has 0 aliphatic carbocycles. The molecule has 0 aliphatic rings. The van der Waals surface area contributed by atoms with Crippen molar-refractivity contribution in [2.24, 2.45) is 5.41 Å². The second-order valence-corrected chi connectivity index (χ2v) is 2.74. The van der Waals surface area contributed by atoms with E-state index in [9.17, 15) is 18.3 Å². The van der Waals surface area contributed by atoms with Gasteiger partial charge in [-0.05, 0) is 6.92 Å². The molecule has 1 nitrogen and oxygen atoms in total. The summed E-state index contributed by atoms with van der Waals surface area (Å²) in [6.45, 7) is -2.53. The zero-order valence-corrected chi connectivity index (χ0v) is 6.95. The van der Waals surface area contributed by atoms with Crippen LogP contribution in [0.4, 0.5) is 13.2 Å². The second-order valence-electron chi connectivity index (χ2n) is 2.74. The monoisotopic (exact) mass is 181 g/mol. The molecule has 0 aromatic heterocycles. The highest BCUT2D eigenvalue weighted by Gasteiger charge is 2.32. The van der Waals surface area contributed by atoms with Crippen molar-refractivity contribution in [3.63, 3.8) is 0 Å². The van der Waals surface area contributed by atoms with Crippen LogP contribution < -0.4 is 0 Å². The van der Waals surface area contributed by atoms with Gasteiger partial charge in [0.25, 0.3) is 0 Å². The van der Waals surface area contributed by atoms with Gasteiger partial charge in [-0.1, -0.05) is 11.6 Å². The maximum absolute atomic E-state index is 12.3. The minimum absolute atomic E-state index is 0.157. The maximum Gasteiger partial charge on any atom is 0.104 e. The summed E-state index contributed by atoms with van der Waals surface area (Å²) in [7, 11) is 0. The molecule has 4 heteroatoms. The van der Waals surface area contributed by atoms with Crippen LogP contribution >= 0.6 is 0 Å². The molecule has 0 amide bonds. The van der Waals surface area contributed by atoms with E-state index in [4.69, 9.17) is 0 Å². The quantitative estimate of drug-likeness (QED) is 0.580. The minimum Gasteiger partial charge on any atom is -0.250 e. The van der Waals surface area contributed by atoms with Gasteiger partial charge in [0.1, 0.15) is 26.6 Å². The van der Waals surface area contributed by atoms with Crippen molar-refractivity contribution in [1.82, 2.24) is 0 Å². The fourth-order valence-corrected chi connectivity index (χ4v) is 0.765. The Morgan fingerprint density at radius 3 is 1.92 bits per heavy atom. The highest BCUT2D eigenvalue weighted by atomic mass is 19.1. The zero-order chi connectivity index (χ0) is 9.61. The van der Waals surface area contributed by atoms with Gasteiger partial charge in [0.15, 0.2) is 0 Å². The highest BCUT2D eigenvalue weighted by Crippen LogP contribution is 2.29. The van der Waals surface area contributed by atoms with Crippen molar-refractivity contribution in [2.75, 3.05) is 26.6 Å². The Morgan fingerprint density at radius 1 is 1.25 bits per heavy atom. The normalized spacial score (nSPS) is 13.6. The van der Waals surface area contributed by atoms with Crippen LogP contribution in [0.25, 0.3) is 0 Å². The lowest BCUT2D eigenvalue weighted by Crippen LogP contribution is -2.30. The molecular formula is C8H12F3O. The first kappa shape index (κ1) is 11.5. The van der Waals surface area contributed by atoms with E-state index in [-0.39, 0.29) is 5.57 Å². The Labute approximate surface area is 69.9 Å². The molecule has 0 aromatic carbocycles. The summed E-state index contributed by atoms with van der Waals surface area (Å²) in [5, 5.41) is 10.1. The average molecular weight is 181 g/mol. The van der Waals surface area contributed by atoms with Gasteiger partial charge in [0.2, 0.25) is 0 Å². The number of alkyl halides is 3. The molecule has 0 N–H and O–H groups in total. The van der Waals surface area contributed by atoms with Crippen molar-refractivity contribution in [3.8, 4) is 0 Å². The third kappa shape index (κ3) is 2.24. The zero-order valence-electron chi connectivity index (χ0n) is 6.95. The van der Waals surface area contributed by atoms with Crippen molar-refractivity contribution in [3.05, 3.63) is 11.6 Å². The molecule has 0 unspecified atom stereocenters. The first-order valence-electron chi connectivity index (χ1n) is 3.60. The number of allylic oxidation sites excluding steroid dienone is 1. The smallest absolute Gasteiger partial charge is 0.104 e. The largest absolute Gasteiger partial charge is 0.250 e. The molecule has 0 heterocycles. The van der Waals surface area contributed by atoms with Gasteiger partial charge < -0.3 is 0 Å². The third-order valence-corrected chi connectivity index (χ3v) is 1.99. The molecule has 1 radical (unpaired) electrons. The number of halogens is 3. The van der Waals surface area contributed by atoms with Crippen LogP contribution in [-0.2, 0) is 5.11 Å². The van der Waals surface area contributed by atoms with Crippen molar-refractivity contribution in [1.29, 1.82) is 0 Å². The molecule has 71 valence electrons. The summed E-state index contributed by atoms with van der Waals surface area (Å²) in [5.74, 6) is 0. The van der Waals surface area contributed by atoms with E-state index >= 15 is 0 Å². The van der Waals surface area contributed by atoms with E-state index in [1.54, 1.807) is 0 Å². The number of hydrogen-bond donors (Lipinski definition) is 0. The molecule has 0 aliphatic heterocycles. The van der Waals surface area contributed by atoms with Crippen LogP contribution in [0.1, 0.15) is 6.92 Å². The Balaban J connectivity index is 4.58. The lowest BCUT2D eigenvalue weighted by Gasteiger charge is -2.24. The van der Waals surface area contributed by atoms with Gasteiger partial charge in [-0.3, -0.25) is 0 Å². The Morgan fingerprint density at radius 2 is 1.67 bits per heavy atom. The van der Waals surface area contributed by atoms with E-state index in [0.29, 0.717) is 0 Å². The molecule has 0 bridgehead atoms. The summed E-state index contributed by atoms with van der Waals surface area (Å²) in [5.41, 5.74) is -1.55. The van der Waals surface area contributed by atoms with Gasteiger partial charge in [-0.15, -0.1) is 0 Å². The van der Waals surface area contributed by atoms with Crippen LogP contribution in [-0.4, -0.2) is 26.6 Å². The molecule has 0 saturated carbocycles. The number of rotatable bonds is 5. The fourth-order valence-electron chi connectivity index (χ4n) is 0.765. The standard InChI is InChI=1S/C8H12F3O/c1-7(2-3-12)8(4-9,5-10)6-11/h2H,3-6H2,1H3/b7-2+. The summed E-state index contributed by atoms with van der Waals surface area (Å²) < 4.78 is 36.8. The van der Waals surface area contributed by atoms with Crippen molar-refractivity contribution in [2.45, 2.75) is 6.92 Å². The average Bonchev–Trinajstić information content (AvgIpc) is 2.09. The summed E-state index contributed by atoms with van der Waals surface area (Å²) in [6, 6.07) is 0. The van der Waals surface area contributed by atoms with Gasteiger partial charge in [-0.2, -0.15) is 0 Å². The van der Waals surface area contributed by atoms with E-state index in [0.717, 1.165) is 6.08 Å². The SMILES string of the molecule is C/C(=C\C[O])C(CF)(CF)CF. The summed E-state index contributed by atoms with van der Waals surface area (Å²) in [4.78, 5) is 0. The predicted molar refractivity (Wildman–Crippen MR) is 39.7 cm³/mol. The molecule has 12 heavy (non-hydrogen) atoms. The molecule has 0 saturated heterocycles. The molecule has 0 atom stereocenters. The summed E-state index contributed by atoms with van der Waals surface area (Å²) >= 11 is 0.